The van der Waals surface area contributed by atoms with E-state index in [0.29, 0.717) is 22.9 Å². The Balaban J connectivity index is 1.82. The number of carbonyl (C=O) groups is 1. The van der Waals surface area contributed by atoms with Crippen LogP contribution in [0.2, 0.25) is 5.02 Å². The first-order valence-corrected chi connectivity index (χ1v) is 8.68. The Morgan fingerprint density at radius 1 is 1.08 bits per heavy atom. The average Bonchev–Trinajstić information content (AvgIpc) is 2.63. The third kappa shape index (κ3) is 3.77. The number of hydrogen-bond acceptors (Lipinski definition) is 2. The van der Waals surface area contributed by atoms with Gasteiger partial charge >= 0.3 is 0 Å². The molecule has 1 amide bonds. The summed E-state index contributed by atoms with van der Waals surface area (Å²) in [6.07, 6.45) is -0.0153. The highest BCUT2D eigenvalue weighted by Gasteiger charge is 2.20. The second-order valence-corrected chi connectivity index (χ2v) is 6.30. The van der Waals surface area contributed by atoms with Crippen molar-refractivity contribution < 1.29 is 9.53 Å². The highest BCUT2D eigenvalue weighted by atomic mass is 35.5. The maximum absolute atomic E-state index is 12.7. The van der Waals surface area contributed by atoms with Crippen molar-refractivity contribution in [2.24, 2.45) is 0 Å². The second-order valence-electron chi connectivity index (χ2n) is 5.89. The number of ether oxygens (including phenoxy) is 1. The van der Waals surface area contributed by atoms with Gasteiger partial charge in [-0.3, -0.25) is 4.79 Å². The van der Waals surface area contributed by atoms with Gasteiger partial charge in [-0.25, -0.2) is 0 Å². The SMILES string of the molecule is CC[C@H](Oc1cccc2ccccc12)C(=O)Nc1cccc(Cl)c1C. The van der Waals surface area contributed by atoms with E-state index in [-0.39, 0.29) is 5.91 Å². The highest BCUT2D eigenvalue weighted by molar-refractivity contribution is 6.31. The molecule has 0 saturated carbocycles. The zero-order valence-corrected chi connectivity index (χ0v) is 15.0. The summed E-state index contributed by atoms with van der Waals surface area (Å²) >= 11 is 6.12. The summed E-state index contributed by atoms with van der Waals surface area (Å²) in [6.45, 7) is 3.81. The molecular weight excluding hydrogens is 334 g/mol. The molecule has 128 valence electrons. The zero-order valence-electron chi connectivity index (χ0n) is 14.3. The van der Waals surface area contributed by atoms with Gasteiger partial charge in [-0.15, -0.1) is 0 Å². The monoisotopic (exact) mass is 353 g/mol. The zero-order chi connectivity index (χ0) is 17.8. The van der Waals surface area contributed by atoms with Gasteiger partial charge in [-0.2, -0.15) is 0 Å². The Hall–Kier alpha value is -2.52. The maximum atomic E-state index is 12.7. The van der Waals surface area contributed by atoms with Gasteiger partial charge in [0.1, 0.15) is 5.75 Å². The minimum Gasteiger partial charge on any atom is -0.480 e. The van der Waals surface area contributed by atoms with E-state index < -0.39 is 6.10 Å². The molecule has 0 aliphatic heterocycles. The Morgan fingerprint density at radius 2 is 1.80 bits per heavy atom. The molecule has 0 fully saturated rings. The number of hydrogen-bond donors (Lipinski definition) is 1. The molecule has 0 radical (unpaired) electrons. The third-order valence-electron chi connectivity index (χ3n) is 4.21. The van der Waals surface area contributed by atoms with Crippen LogP contribution in [-0.4, -0.2) is 12.0 Å². The summed E-state index contributed by atoms with van der Waals surface area (Å²) in [5, 5.41) is 5.63. The fourth-order valence-electron chi connectivity index (χ4n) is 2.73. The number of benzene rings is 3. The first kappa shape index (κ1) is 17.3. The smallest absolute Gasteiger partial charge is 0.265 e. The van der Waals surface area contributed by atoms with E-state index in [1.54, 1.807) is 6.07 Å². The Morgan fingerprint density at radius 3 is 2.60 bits per heavy atom. The summed E-state index contributed by atoms with van der Waals surface area (Å²) in [6, 6.07) is 19.3. The first-order chi connectivity index (χ1) is 12.1. The fraction of sp³-hybridized carbons (Fsp3) is 0.190. The molecule has 0 heterocycles. The molecule has 0 aliphatic carbocycles. The maximum Gasteiger partial charge on any atom is 0.265 e. The lowest BCUT2D eigenvalue weighted by atomic mass is 10.1. The van der Waals surface area contributed by atoms with E-state index in [2.05, 4.69) is 5.32 Å². The van der Waals surface area contributed by atoms with Crippen LogP contribution in [-0.2, 0) is 4.79 Å². The van der Waals surface area contributed by atoms with Gasteiger partial charge in [0.05, 0.1) is 0 Å². The van der Waals surface area contributed by atoms with Gasteiger partial charge in [0, 0.05) is 16.1 Å². The van der Waals surface area contributed by atoms with Crippen LogP contribution in [0.4, 0.5) is 5.69 Å². The van der Waals surface area contributed by atoms with Crippen LogP contribution in [0.15, 0.2) is 60.7 Å². The molecule has 0 unspecified atom stereocenters. The van der Waals surface area contributed by atoms with Gasteiger partial charge in [-0.05, 0) is 42.5 Å². The molecule has 3 aromatic rings. The van der Waals surface area contributed by atoms with E-state index >= 15 is 0 Å². The van der Waals surface area contributed by atoms with Crippen molar-refractivity contribution in [3.05, 3.63) is 71.2 Å². The molecule has 1 N–H and O–H groups in total. The van der Waals surface area contributed by atoms with Crippen LogP contribution >= 0.6 is 11.6 Å². The Labute approximate surface area is 152 Å². The van der Waals surface area contributed by atoms with E-state index in [1.807, 2.05) is 68.4 Å². The summed E-state index contributed by atoms with van der Waals surface area (Å²) in [5.41, 5.74) is 1.55. The Bertz CT molecular complexity index is 902. The first-order valence-electron chi connectivity index (χ1n) is 8.30. The van der Waals surface area contributed by atoms with Crippen molar-refractivity contribution >= 4 is 34.0 Å². The van der Waals surface area contributed by atoms with Gasteiger partial charge in [0.25, 0.3) is 5.91 Å². The molecule has 3 rings (SSSR count). The molecule has 0 aliphatic rings. The van der Waals surface area contributed by atoms with Crippen LogP contribution in [0, 0.1) is 6.92 Å². The fourth-order valence-corrected chi connectivity index (χ4v) is 2.90. The summed E-state index contributed by atoms with van der Waals surface area (Å²) < 4.78 is 6.04. The number of nitrogens with one attached hydrogen (secondary N) is 1. The number of rotatable bonds is 5. The quantitative estimate of drug-likeness (QED) is 0.648. The normalized spacial score (nSPS) is 12.0. The largest absolute Gasteiger partial charge is 0.480 e. The molecule has 0 bridgehead atoms. The Kier molecular flexibility index (Phi) is 5.25. The topological polar surface area (TPSA) is 38.3 Å². The van der Waals surface area contributed by atoms with Gasteiger partial charge < -0.3 is 10.1 Å². The summed E-state index contributed by atoms with van der Waals surface area (Å²) in [4.78, 5) is 12.7. The molecule has 4 heteroatoms. The van der Waals surface area contributed by atoms with Crippen molar-refractivity contribution in [1.29, 1.82) is 0 Å². The van der Waals surface area contributed by atoms with Gasteiger partial charge in [-0.1, -0.05) is 61.0 Å². The summed E-state index contributed by atoms with van der Waals surface area (Å²) in [5.74, 6) is 0.531. The minimum atomic E-state index is -0.579. The number of amides is 1. The van der Waals surface area contributed by atoms with E-state index in [0.717, 1.165) is 16.3 Å². The number of halogens is 1. The average molecular weight is 354 g/mol. The van der Waals surface area contributed by atoms with E-state index in [4.69, 9.17) is 16.3 Å². The van der Waals surface area contributed by atoms with Crippen molar-refractivity contribution in [3.8, 4) is 5.75 Å². The van der Waals surface area contributed by atoms with Gasteiger partial charge in [0.2, 0.25) is 0 Å². The lowest BCUT2D eigenvalue weighted by molar-refractivity contribution is -0.122. The van der Waals surface area contributed by atoms with Crippen LogP contribution in [0.5, 0.6) is 5.75 Å². The molecule has 1 atom stereocenters. The van der Waals surface area contributed by atoms with Crippen molar-refractivity contribution in [2.75, 3.05) is 5.32 Å². The van der Waals surface area contributed by atoms with E-state index in [1.165, 1.54) is 0 Å². The van der Waals surface area contributed by atoms with Gasteiger partial charge in [0.15, 0.2) is 6.10 Å². The van der Waals surface area contributed by atoms with Crippen LogP contribution in [0.3, 0.4) is 0 Å². The summed E-state index contributed by atoms with van der Waals surface area (Å²) in [7, 11) is 0. The van der Waals surface area contributed by atoms with Crippen LogP contribution in [0.25, 0.3) is 10.8 Å². The third-order valence-corrected chi connectivity index (χ3v) is 4.62. The predicted molar refractivity (Wildman–Crippen MR) is 103 cm³/mol. The molecule has 0 aromatic heterocycles. The molecule has 3 aromatic carbocycles. The molecule has 25 heavy (non-hydrogen) atoms. The molecule has 0 saturated heterocycles. The molecule has 3 nitrogen and oxygen atoms in total. The molecular formula is C21H20ClNO2. The number of carbonyl (C=O) groups excluding carboxylic acids is 1. The second kappa shape index (κ2) is 7.58. The number of fused-ring (bicyclic) bond motifs is 1. The van der Waals surface area contributed by atoms with Crippen molar-refractivity contribution in [3.63, 3.8) is 0 Å². The lowest BCUT2D eigenvalue weighted by Gasteiger charge is -2.19. The van der Waals surface area contributed by atoms with Crippen molar-refractivity contribution in [1.82, 2.24) is 0 Å². The van der Waals surface area contributed by atoms with E-state index in [9.17, 15) is 4.79 Å². The lowest BCUT2D eigenvalue weighted by Crippen LogP contribution is -2.32. The van der Waals surface area contributed by atoms with Crippen LogP contribution < -0.4 is 10.1 Å². The minimum absolute atomic E-state index is 0.180. The predicted octanol–water partition coefficient (Wildman–Crippen LogP) is 5.60. The molecule has 0 spiro atoms. The van der Waals surface area contributed by atoms with Crippen molar-refractivity contribution in [2.45, 2.75) is 26.4 Å². The number of anilines is 1. The standard InChI is InChI=1S/C21H20ClNO2/c1-3-19(21(24)23-18-12-7-11-17(22)14(18)2)25-20-13-6-9-15-8-4-5-10-16(15)20/h4-13,19H,3H2,1-2H3,(H,23,24)/t19-/m0/s1. The highest BCUT2D eigenvalue weighted by Crippen LogP contribution is 2.27. The van der Waals surface area contributed by atoms with Crippen LogP contribution in [0.1, 0.15) is 18.9 Å².